The second kappa shape index (κ2) is 9.87. The summed E-state index contributed by atoms with van der Waals surface area (Å²) >= 11 is 0. The van der Waals surface area contributed by atoms with Gasteiger partial charge in [-0.05, 0) is 48.9 Å². The number of nitrogens with zero attached hydrogens (tertiary/aromatic N) is 2. The lowest BCUT2D eigenvalue weighted by molar-refractivity contribution is 0.346. The molecule has 0 radical (unpaired) electrons. The van der Waals surface area contributed by atoms with Gasteiger partial charge in [0.05, 0.1) is 45.1 Å². The molecule has 1 atom stereocenters. The zero-order valence-corrected chi connectivity index (χ0v) is 21.1. The van der Waals surface area contributed by atoms with Crippen LogP contribution in [0.25, 0.3) is 0 Å². The number of aryl methyl sites for hydroxylation is 1. The van der Waals surface area contributed by atoms with Crippen LogP contribution in [0.3, 0.4) is 0 Å². The van der Waals surface area contributed by atoms with Gasteiger partial charge in [0.1, 0.15) is 11.5 Å². The van der Waals surface area contributed by atoms with Gasteiger partial charge < -0.3 is 18.9 Å². The minimum absolute atomic E-state index is 0.204. The Kier molecular flexibility index (Phi) is 6.88. The van der Waals surface area contributed by atoms with E-state index in [-0.39, 0.29) is 4.90 Å². The molecule has 0 aromatic heterocycles. The fourth-order valence-corrected chi connectivity index (χ4v) is 5.83. The monoisotopic (exact) mass is 496 g/mol. The van der Waals surface area contributed by atoms with Crippen molar-refractivity contribution in [1.29, 1.82) is 0 Å². The summed E-state index contributed by atoms with van der Waals surface area (Å²) < 4.78 is 50.6. The van der Waals surface area contributed by atoms with Crippen molar-refractivity contribution in [2.45, 2.75) is 24.3 Å². The van der Waals surface area contributed by atoms with Gasteiger partial charge in [0.25, 0.3) is 10.0 Å². The minimum Gasteiger partial charge on any atom is -0.497 e. The number of methoxy groups -OCH3 is 4. The highest BCUT2D eigenvalue weighted by molar-refractivity contribution is 7.89. The summed E-state index contributed by atoms with van der Waals surface area (Å²) in [5.74, 6) is 2.24. The van der Waals surface area contributed by atoms with E-state index >= 15 is 0 Å². The van der Waals surface area contributed by atoms with Crippen LogP contribution >= 0.6 is 0 Å². The molecule has 1 heterocycles. The van der Waals surface area contributed by atoms with Crippen LogP contribution in [0.4, 0.5) is 0 Å². The summed E-state index contributed by atoms with van der Waals surface area (Å²) in [5.41, 5.74) is 2.67. The van der Waals surface area contributed by atoms with E-state index < -0.39 is 16.1 Å². The molecule has 0 unspecified atom stereocenters. The normalized spacial score (nSPS) is 15.5. The Balaban J connectivity index is 1.86. The van der Waals surface area contributed by atoms with Gasteiger partial charge in [-0.3, -0.25) is 0 Å². The Morgan fingerprint density at radius 1 is 0.829 bits per heavy atom. The molecule has 8 nitrogen and oxygen atoms in total. The third-order valence-electron chi connectivity index (χ3n) is 6.01. The second-order valence-electron chi connectivity index (χ2n) is 7.99. The van der Waals surface area contributed by atoms with E-state index in [4.69, 9.17) is 18.9 Å². The van der Waals surface area contributed by atoms with Crippen LogP contribution in [0.1, 0.15) is 29.2 Å². The van der Waals surface area contributed by atoms with Crippen molar-refractivity contribution in [3.8, 4) is 23.0 Å². The topological polar surface area (TPSA) is 86.7 Å². The molecule has 1 aliphatic rings. The molecule has 0 N–H and O–H groups in total. The molecule has 0 aliphatic carbocycles. The van der Waals surface area contributed by atoms with Crippen LogP contribution in [-0.2, 0) is 10.0 Å². The molecule has 3 aromatic carbocycles. The predicted octanol–water partition coefficient (Wildman–Crippen LogP) is 4.57. The number of hydrogen-bond donors (Lipinski definition) is 0. The highest BCUT2D eigenvalue weighted by Crippen LogP contribution is 2.42. The number of sulfonamides is 1. The smallest absolute Gasteiger partial charge is 0.279 e. The van der Waals surface area contributed by atoms with Gasteiger partial charge in [0.2, 0.25) is 0 Å². The zero-order valence-electron chi connectivity index (χ0n) is 20.3. The van der Waals surface area contributed by atoms with Crippen molar-refractivity contribution in [2.24, 2.45) is 5.10 Å². The summed E-state index contributed by atoms with van der Waals surface area (Å²) in [6.45, 7) is 1.77. The first-order chi connectivity index (χ1) is 16.8. The number of hydrogen-bond acceptors (Lipinski definition) is 7. The molecule has 0 saturated carbocycles. The molecule has 184 valence electrons. The largest absolute Gasteiger partial charge is 0.497 e. The van der Waals surface area contributed by atoms with Crippen molar-refractivity contribution in [1.82, 2.24) is 4.41 Å². The van der Waals surface area contributed by atoms with E-state index in [2.05, 4.69) is 5.10 Å². The first-order valence-corrected chi connectivity index (χ1v) is 12.4. The average molecular weight is 497 g/mol. The molecule has 1 aliphatic heterocycles. The number of benzene rings is 3. The summed E-state index contributed by atoms with van der Waals surface area (Å²) in [7, 11) is 2.25. The number of rotatable bonds is 8. The number of hydrazone groups is 1. The van der Waals surface area contributed by atoms with Crippen LogP contribution in [0, 0.1) is 6.92 Å². The van der Waals surface area contributed by atoms with E-state index in [1.165, 1.54) is 4.41 Å². The molecule has 3 aromatic rings. The lowest BCUT2D eigenvalue weighted by atomic mass is 9.98. The fraction of sp³-hybridized carbons (Fsp3) is 0.269. The maximum absolute atomic E-state index is 13.9. The molecule has 4 rings (SSSR count). The van der Waals surface area contributed by atoms with Gasteiger partial charge in [-0.15, -0.1) is 0 Å². The molecule has 0 bridgehead atoms. The Bertz CT molecular complexity index is 1370. The molecule has 0 spiro atoms. The second-order valence-corrected chi connectivity index (χ2v) is 9.75. The lowest BCUT2D eigenvalue weighted by Gasteiger charge is -2.25. The highest BCUT2D eigenvalue weighted by Gasteiger charge is 2.39. The van der Waals surface area contributed by atoms with Crippen LogP contribution in [0.15, 0.2) is 70.7 Å². The van der Waals surface area contributed by atoms with E-state index in [1.807, 2.05) is 12.1 Å². The Morgan fingerprint density at radius 2 is 1.54 bits per heavy atom. The molecule has 35 heavy (non-hydrogen) atoms. The standard InChI is InChI=1S/C26H28N2O6S/c1-17-8-6-7-9-26(17)35(29,30)28-22(20-12-11-19(31-2)15-24(20)33-4)16-21(27-28)18-10-13-23(32-3)25(14-18)34-5/h6-15,22H,16H2,1-5H3/t22-/m0/s1. The summed E-state index contributed by atoms with van der Waals surface area (Å²) in [5, 5.41) is 4.63. The molecular weight excluding hydrogens is 468 g/mol. The minimum atomic E-state index is -3.97. The SMILES string of the molecule is COc1ccc([C@@H]2CC(c3ccc(OC)c(OC)c3)=NN2S(=O)(=O)c2ccccc2C)c(OC)c1. The lowest BCUT2D eigenvalue weighted by Crippen LogP contribution is -2.28. The van der Waals surface area contributed by atoms with Crippen molar-refractivity contribution < 1.29 is 27.4 Å². The predicted molar refractivity (Wildman–Crippen MR) is 133 cm³/mol. The van der Waals surface area contributed by atoms with Crippen molar-refractivity contribution in [3.63, 3.8) is 0 Å². The van der Waals surface area contributed by atoms with Crippen LogP contribution in [0.2, 0.25) is 0 Å². The Labute approximate surface area is 205 Å². The molecule has 0 amide bonds. The van der Waals surface area contributed by atoms with Gasteiger partial charge in [-0.1, -0.05) is 18.2 Å². The zero-order chi connectivity index (χ0) is 25.2. The van der Waals surface area contributed by atoms with Crippen molar-refractivity contribution in [3.05, 3.63) is 77.4 Å². The quantitative estimate of drug-likeness (QED) is 0.454. The van der Waals surface area contributed by atoms with Gasteiger partial charge in [-0.2, -0.15) is 17.9 Å². The Hall–Kier alpha value is -3.72. The summed E-state index contributed by atoms with van der Waals surface area (Å²) in [4.78, 5) is 0.204. The van der Waals surface area contributed by atoms with Crippen molar-refractivity contribution in [2.75, 3.05) is 28.4 Å². The molecular formula is C26H28N2O6S. The number of ether oxygens (including phenoxy) is 4. The van der Waals surface area contributed by atoms with E-state index in [9.17, 15) is 8.42 Å². The van der Waals surface area contributed by atoms with Gasteiger partial charge in [-0.25, -0.2) is 0 Å². The highest BCUT2D eigenvalue weighted by atomic mass is 32.2. The van der Waals surface area contributed by atoms with Crippen LogP contribution in [0.5, 0.6) is 23.0 Å². The average Bonchev–Trinajstić information content (AvgIpc) is 3.34. The van der Waals surface area contributed by atoms with Gasteiger partial charge in [0, 0.05) is 23.6 Å². The van der Waals surface area contributed by atoms with E-state index in [1.54, 1.807) is 83.9 Å². The first-order valence-electron chi connectivity index (χ1n) is 11.0. The summed E-state index contributed by atoms with van der Waals surface area (Å²) in [6, 6.07) is 17.0. The maximum Gasteiger partial charge on any atom is 0.279 e. The first kappa shape index (κ1) is 24.4. The van der Waals surface area contributed by atoms with Crippen LogP contribution < -0.4 is 18.9 Å². The van der Waals surface area contributed by atoms with Crippen molar-refractivity contribution >= 4 is 15.7 Å². The Morgan fingerprint density at radius 3 is 2.20 bits per heavy atom. The van der Waals surface area contributed by atoms with Gasteiger partial charge >= 0.3 is 0 Å². The third kappa shape index (κ3) is 4.51. The molecule has 0 saturated heterocycles. The maximum atomic E-state index is 13.9. The third-order valence-corrected chi connectivity index (χ3v) is 7.85. The van der Waals surface area contributed by atoms with Crippen LogP contribution in [-0.4, -0.2) is 47.0 Å². The van der Waals surface area contributed by atoms with E-state index in [0.29, 0.717) is 46.3 Å². The molecule has 0 fully saturated rings. The molecule has 9 heteroatoms. The van der Waals surface area contributed by atoms with Gasteiger partial charge in [0.15, 0.2) is 11.5 Å². The fourth-order valence-electron chi connectivity index (χ4n) is 4.17. The summed E-state index contributed by atoms with van der Waals surface area (Å²) in [6.07, 6.45) is 0.337. The van der Waals surface area contributed by atoms with E-state index in [0.717, 1.165) is 5.56 Å².